The standard InChI is InChI=1S/C19H26N5O9P/c1-10(25)22-14(8-11-2-4-12(5-3-11)33-34(30,31)32)17(28)24-19(6-7-19)18(29)23-13(16(21)27)9-15(20)26/h2-5,13-14H,6-9H2,1H3,(H2,20,26)(H2,21,27)(H,22,25)(H,23,29)(H,24,28)(H2,30,31,32)/p-2/t13-,14-/m0/s1. The minimum Gasteiger partial charge on any atom is -0.780 e. The summed E-state index contributed by atoms with van der Waals surface area (Å²) in [5.41, 5.74) is 9.36. The van der Waals surface area contributed by atoms with Crippen LogP contribution < -0.4 is 41.7 Å². The van der Waals surface area contributed by atoms with Crippen LogP contribution in [0.1, 0.15) is 31.7 Å². The van der Waals surface area contributed by atoms with Crippen LogP contribution in [-0.2, 0) is 35.0 Å². The van der Waals surface area contributed by atoms with Crippen LogP contribution in [0.15, 0.2) is 24.3 Å². The first-order valence-corrected chi connectivity index (χ1v) is 11.4. The van der Waals surface area contributed by atoms with E-state index in [0.29, 0.717) is 5.56 Å². The van der Waals surface area contributed by atoms with E-state index in [1.165, 1.54) is 31.2 Å². The van der Waals surface area contributed by atoms with Gasteiger partial charge in [-0.1, -0.05) is 12.1 Å². The average molecular weight is 497 g/mol. The van der Waals surface area contributed by atoms with Gasteiger partial charge in [-0.05, 0) is 30.5 Å². The van der Waals surface area contributed by atoms with Gasteiger partial charge in [-0.2, -0.15) is 0 Å². The minimum atomic E-state index is -5.23. The smallest absolute Gasteiger partial charge is 0.246 e. The van der Waals surface area contributed by atoms with Crippen molar-refractivity contribution in [2.24, 2.45) is 11.5 Å². The average Bonchev–Trinajstić information content (AvgIpc) is 3.47. The Morgan fingerprint density at radius 2 is 1.65 bits per heavy atom. The molecule has 186 valence electrons. The molecule has 0 radical (unpaired) electrons. The number of rotatable bonds is 12. The van der Waals surface area contributed by atoms with Crippen LogP contribution in [0.5, 0.6) is 5.75 Å². The molecule has 0 heterocycles. The van der Waals surface area contributed by atoms with Gasteiger partial charge < -0.3 is 46.3 Å². The molecule has 14 nitrogen and oxygen atoms in total. The molecule has 0 bridgehead atoms. The maximum atomic E-state index is 12.9. The number of carbonyl (C=O) groups excluding carboxylic acids is 5. The van der Waals surface area contributed by atoms with Crippen molar-refractivity contribution in [3.63, 3.8) is 0 Å². The van der Waals surface area contributed by atoms with E-state index in [9.17, 15) is 38.3 Å². The molecule has 0 spiro atoms. The van der Waals surface area contributed by atoms with Gasteiger partial charge in [0.2, 0.25) is 29.5 Å². The Hall–Kier alpha value is -3.48. The molecule has 0 saturated heterocycles. The number of hydrogen-bond donors (Lipinski definition) is 5. The van der Waals surface area contributed by atoms with Gasteiger partial charge in [0.05, 0.1) is 6.42 Å². The second-order valence-electron chi connectivity index (χ2n) is 7.81. The fraction of sp³-hybridized carbons (Fsp3) is 0.421. The molecule has 1 aliphatic carbocycles. The number of phosphoric ester groups is 1. The largest absolute Gasteiger partial charge is 0.780 e. The fourth-order valence-electron chi connectivity index (χ4n) is 3.08. The van der Waals surface area contributed by atoms with E-state index in [0.717, 1.165) is 0 Å². The quantitative estimate of drug-likeness (QED) is 0.179. The van der Waals surface area contributed by atoms with Gasteiger partial charge in [-0.25, -0.2) is 0 Å². The number of primary amides is 2. The number of hydrogen-bond acceptors (Lipinski definition) is 9. The predicted molar refractivity (Wildman–Crippen MR) is 111 cm³/mol. The van der Waals surface area contributed by atoms with Crippen molar-refractivity contribution in [3.05, 3.63) is 29.8 Å². The Bertz CT molecular complexity index is 1020. The van der Waals surface area contributed by atoms with Gasteiger partial charge in [0, 0.05) is 13.3 Å². The first-order valence-electron chi connectivity index (χ1n) is 9.99. The summed E-state index contributed by atoms with van der Waals surface area (Å²) in [6, 6.07) is 2.75. The van der Waals surface area contributed by atoms with Gasteiger partial charge in [0.15, 0.2) is 0 Å². The summed E-state index contributed by atoms with van der Waals surface area (Å²) in [6.07, 6.45) is -0.0549. The molecule has 2 atom stereocenters. The lowest BCUT2D eigenvalue weighted by Crippen LogP contribution is -2.58. The predicted octanol–water partition coefficient (Wildman–Crippen LogP) is -3.56. The summed E-state index contributed by atoms with van der Waals surface area (Å²) >= 11 is 0. The molecule has 0 unspecified atom stereocenters. The Morgan fingerprint density at radius 3 is 2.09 bits per heavy atom. The molecule has 1 fully saturated rings. The topological polar surface area (TPSA) is 246 Å². The van der Waals surface area contributed by atoms with Crippen molar-refractivity contribution >= 4 is 37.4 Å². The summed E-state index contributed by atoms with van der Waals surface area (Å²) in [4.78, 5) is 81.1. The van der Waals surface area contributed by atoms with Crippen LogP contribution in [0.4, 0.5) is 0 Å². The van der Waals surface area contributed by atoms with E-state index in [4.69, 9.17) is 11.5 Å². The number of carbonyl (C=O) groups is 5. The van der Waals surface area contributed by atoms with Crippen LogP contribution in [0, 0.1) is 0 Å². The van der Waals surface area contributed by atoms with Crippen molar-refractivity contribution in [1.82, 2.24) is 16.0 Å². The molecule has 7 N–H and O–H groups in total. The lowest BCUT2D eigenvalue weighted by atomic mass is 10.0. The Morgan fingerprint density at radius 1 is 1.06 bits per heavy atom. The first kappa shape index (κ1) is 26.8. The zero-order valence-corrected chi connectivity index (χ0v) is 19.0. The van der Waals surface area contributed by atoms with Crippen LogP contribution >= 0.6 is 7.82 Å². The number of amides is 5. The van der Waals surface area contributed by atoms with Crippen LogP contribution in [0.3, 0.4) is 0 Å². The Kier molecular flexibility index (Phi) is 8.37. The zero-order chi connectivity index (χ0) is 25.7. The van der Waals surface area contributed by atoms with E-state index < -0.39 is 61.4 Å². The number of phosphoric acid groups is 1. The second-order valence-corrected chi connectivity index (χ2v) is 8.89. The van der Waals surface area contributed by atoms with Gasteiger partial charge >= 0.3 is 0 Å². The van der Waals surface area contributed by atoms with Crippen molar-refractivity contribution in [1.29, 1.82) is 0 Å². The monoisotopic (exact) mass is 497 g/mol. The number of nitrogens with two attached hydrogens (primary N) is 2. The third-order valence-electron chi connectivity index (χ3n) is 4.88. The van der Waals surface area contributed by atoms with Gasteiger partial charge in [-0.3, -0.25) is 24.0 Å². The maximum absolute atomic E-state index is 12.9. The summed E-state index contributed by atoms with van der Waals surface area (Å²) in [7, 11) is -5.23. The van der Waals surface area contributed by atoms with E-state index in [1.54, 1.807) is 0 Å². The Labute approximate surface area is 194 Å². The zero-order valence-electron chi connectivity index (χ0n) is 18.1. The molecule has 2 rings (SSSR count). The summed E-state index contributed by atoms with van der Waals surface area (Å²) in [5, 5.41) is 7.32. The highest BCUT2D eigenvalue weighted by Crippen LogP contribution is 2.36. The summed E-state index contributed by atoms with van der Waals surface area (Å²) in [5.74, 6) is -3.99. The molecule has 0 aliphatic heterocycles. The van der Waals surface area contributed by atoms with Crippen molar-refractivity contribution in [2.75, 3.05) is 0 Å². The normalized spacial score (nSPS) is 15.9. The SMILES string of the molecule is CC(=O)N[C@@H](Cc1ccc(OP(=O)([O-])[O-])cc1)C(=O)NC1(C(=O)N[C@@H](CC(N)=O)C(N)=O)CC1. The van der Waals surface area contributed by atoms with Crippen molar-refractivity contribution < 1.29 is 42.8 Å². The summed E-state index contributed by atoms with van der Waals surface area (Å²) < 4.78 is 14.9. The molecule has 1 aromatic carbocycles. The highest BCUT2D eigenvalue weighted by molar-refractivity contribution is 7.43. The minimum absolute atomic E-state index is 0.0403. The van der Waals surface area contributed by atoms with Crippen molar-refractivity contribution in [2.45, 2.75) is 50.2 Å². The molecule has 5 amide bonds. The molecular weight excluding hydrogens is 473 g/mol. The van der Waals surface area contributed by atoms with E-state index in [-0.39, 0.29) is 25.0 Å². The fourth-order valence-corrected chi connectivity index (χ4v) is 3.46. The third kappa shape index (κ3) is 8.14. The second kappa shape index (κ2) is 10.6. The lowest BCUT2D eigenvalue weighted by molar-refractivity contribution is -0.333. The number of benzene rings is 1. The van der Waals surface area contributed by atoms with E-state index in [2.05, 4.69) is 20.5 Å². The Balaban J connectivity index is 2.09. The van der Waals surface area contributed by atoms with Gasteiger partial charge in [0.1, 0.15) is 31.2 Å². The van der Waals surface area contributed by atoms with E-state index >= 15 is 0 Å². The molecule has 0 aromatic heterocycles. The van der Waals surface area contributed by atoms with Crippen LogP contribution in [0.2, 0.25) is 0 Å². The molecule has 1 aromatic rings. The molecule has 34 heavy (non-hydrogen) atoms. The van der Waals surface area contributed by atoms with Crippen molar-refractivity contribution in [3.8, 4) is 5.75 Å². The van der Waals surface area contributed by atoms with Crippen LogP contribution in [-0.4, -0.2) is 47.2 Å². The molecular formula is C19H24N5O9P-2. The van der Waals surface area contributed by atoms with Gasteiger partial charge in [-0.15, -0.1) is 0 Å². The van der Waals surface area contributed by atoms with Crippen LogP contribution in [0.25, 0.3) is 0 Å². The number of nitrogens with one attached hydrogen (secondary N) is 3. The molecule has 1 aliphatic rings. The molecule has 15 heteroatoms. The van der Waals surface area contributed by atoms with Gasteiger partial charge in [0.25, 0.3) is 0 Å². The van der Waals surface area contributed by atoms with E-state index in [1.807, 2.05) is 0 Å². The lowest BCUT2D eigenvalue weighted by Gasteiger charge is -2.29. The third-order valence-corrected chi connectivity index (χ3v) is 5.31. The summed E-state index contributed by atoms with van der Waals surface area (Å²) in [6.45, 7) is 1.19. The highest BCUT2D eigenvalue weighted by Gasteiger charge is 2.52. The first-order chi connectivity index (χ1) is 15.7. The molecule has 1 saturated carbocycles. The highest BCUT2D eigenvalue weighted by atomic mass is 31.2. The maximum Gasteiger partial charge on any atom is 0.246 e.